The van der Waals surface area contributed by atoms with Crippen LogP contribution in [0.5, 0.6) is 0 Å². The zero-order valence-electron chi connectivity index (χ0n) is 23.4. The Morgan fingerprint density at radius 1 is 0.279 bits per heavy atom. The maximum atomic E-state index is 2.45. The molecule has 1 aromatic heterocycles. The van der Waals surface area contributed by atoms with Crippen molar-refractivity contribution in [3.8, 4) is 33.4 Å². The van der Waals surface area contributed by atoms with E-state index in [0.29, 0.717) is 0 Å². The minimum atomic E-state index is 1.24. The normalized spacial score (nSPS) is 11.7. The Balaban J connectivity index is 1.34. The fourth-order valence-electron chi connectivity index (χ4n) is 6.88. The van der Waals surface area contributed by atoms with Crippen LogP contribution < -0.4 is 0 Å². The third-order valence-electron chi connectivity index (χ3n) is 8.88. The number of hydrogen-bond acceptors (Lipinski definition) is 1. The van der Waals surface area contributed by atoms with Crippen LogP contribution in [0.1, 0.15) is 0 Å². The van der Waals surface area contributed by atoms with E-state index in [1.807, 2.05) is 11.3 Å². The molecule has 1 heteroatoms. The highest BCUT2D eigenvalue weighted by Gasteiger charge is 2.17. The first-order chi connectivity index (χ1) is 21.3. The van der Waals surface area contributed by atoms with E-state index in [2.05, 4.69) is 158 Å². The second kappa shape index (κ2) is 9.66. The van der Waals surface area contributed by atoms with Crippen molar-refractivity contribution in [2.24, 2.45) is 0 Å². The Morgan fingerprint density at radius 3 is 1.51 bits per heavy atom. The topological polar surface area (TPSA) is 0 Å². The Kier molecular flexibility index (Phi) is 5.47. The minimum Gasteiger partial charge on any atom is -0.135 e. The summed E-state index contributed by atoms with van der Waals surface area (Å²) in [4.78, 5) is 0. The van der Waals surface area contributed by atoms with Crippen molar-refractivity contribution in [1.29, 1.82) is 0 Å². The maximum Gasteiger partial charge on any atom is 0.0361 e. The van der Waals surface area contributed by atoms with Crippen LogP contribution in [0.4, 0.5) is 0 Å². The molecule has 0 N–H and O–H groups in total. The van der Waals surface area contributed by atoms with Crippen molar-refractivity contribution in [2.75, 3.05) is 0 Å². The quantitative estimate of drug-likeness (QED) is 0.188. The predicted octanol–water partition coefficient (Wildman–Crippen LogP) is 12.5. The summed E-state index contributed by atoms with van der Waals surface area (Å²) in [5.74, 6) is 0. The monoisotopic (exact) mass is 562 g/mol. The van der Waals surface area contributed by atoms with Gasteiger partial charge in [0.1, 0.15) is 0 Å². The van der Waals surface area contributed by atoms with Gasteiger partial charge in [-0.05, 0) is 90.0 Å². The van der Waals surface area contributed by atoms with Gasteiger partial charge in [-0.3, -0.25) is 0 Å². The Morgan fingerprint density at radius 2 is 0.791 bits per heavy atom. The van der Waals surface area contributed by atoms with E-state index in [-0.39, 0.29) is 0 Å². The number of hydrogen-bond donors (Lipinski definition) is 0. The molecule has 0 saturated carbocycles. The molecule has 0 saturated heterocycles. The average Bonchev–Trinajstić information content (AvgIpc) is 3.47. The highest BCUT2D eigenvalue weighted by Crippen LogP contribution is 2.45. The van der Waals surface area contributed by atoms with Crippen molar-refractivity contribution < 1.29 is 0 Å². The standard InChI is InChI=1S/C42H26S/c1-2-11-27(12-3-1)28-21-23-29(24-22-28)36-25-38-33-16-7-6-15-32(33)37(26-39(38)31-14-5-4-13-30(31)36)34-18-10-20-41-42(34)35-17-8-9-19-40(35)43-41/h1-26H. The number of rotatable bonds is 3. The lowest BCUT2D eigenvalue weighted by atomic mass is 9.87. The first kappa shape index (κ1) is 24.4. The van der Waals surface area contributed by atoms with Crippen molar-refractivity contribution in [2.45, 2.75) is 0 Å². The lowest BCUT2D eigenvalue weighted by molar-refractivity contribution is 1.61. The van der Waals surface area contributed by atoms with Gasteiger partial charge >= 0.3 is 0 Å². The van der Waals surface area contributed by atoms with Crippen molar-refractivity contribution >= 4 is 63.8 Å². The zero-order valence-corrected chi connectivity index (χ0v) is 24.2. The first-order valence-electron chi connectivity index (χ1n) is 14.8. The van der Waals surface area contributed by atoms with Gasteiger partial charge in [0.2, 0.25) is 0 Å². The fraction of sp³-hybridized carbons (Fsp3) is 0. The van der Waals surface area contributed by atoms with Crippen LogP contribution in [0, 0.1) is 0 Å². The molecule has 0 spiro atoms. The summed E-state index contributed by atoms with van der Waals surface area (Å²) >= 11 is 1.88. The molecular weight excluding hydrogens is 537 g/mol. The van der Waals surface area contributed by atoms with Crippen LogP contribution >= 0.6 is 11.3 Å². The van der Waals surface area contributed by atoms with Gasteiger partial charge < -0.3 is 0 Å². The van der Waals surface area contributed by atoms with Crippen LogP contribution in [-0.4, -0.2) is 0 Å². The van der Waals surface area contributed by atoms with Crippen molar-refractivity contribution in [3.05, 3.63) is 158 Å². The van der Waals surface area contributed by atoms with E-state index in [1.54, 1.807) is 0 Å². The highest BCUT2D eigenvalue weighted by atomic mass is 32.1. The Hall–Kier alpha value is -5.24. The SMILES string of the molecule is c1ccc(-c2ccc(-c3cc4c5ccccc5c(-c5cccc6sc7ccccc7c56)cc4c4ccccc34)cc2)cc1. The van der Waals surface area contributed by atoms with Crippen LogP contribution in [0.25, 0.3) is 85.9 Å². The summed E-state index contributed by atoms with van der Waals surface area (Å²) in [5.41, 5.74) is 7.58. The smallest absolute Gasteiger partial charge is 0.0361 e. The summed E-state index contributed by atoms with van der Waals surface area (Å²) in [5, 5.41) is 10.4. The van der Waals surface area contributed by atoms with E-state index >= 15 is 0 Å². The highest BCUT2D eigenvalue weighted by molar-refractivity contribution is 7.25. The molecule has 9 aromatic rings. The van der Waals surface area contributed by atoms with Crippen LogP contribution in [0.3, 0.4) is 0 Å². The van der Waals surface area contributed by atoms with Gasteiger partial charge in [0.25, 0.3) is 0 Å². The fourth-order valence-corrected chi connectivity index (χ4v) is 8.02. The third kappa shape index (κ3) is 3.82. The molecule has 0 bridgehead atoms. The molecule has 9 rings (SSSR count). The Bertz CT molecular complexity index is 2480. The number of thiophene rings is 1. The van der Waals surface area contributed by atoms with Gasteiger partial charge in [0, 0.05) is 20.2 Å². The molecule has 0 aliphatic heterocycles. The number of benzene rings is 8. The summed E-state index contributed by atoms with van der Waals surface area (Å²) in [7, 11) is 0. The zero-order chi connectivity index (χ0) is 28.3. The molecule has 1 heterocycles. The summed E-state index contributed by atoms with van der Waals surface area (Å²) in [6.45, 7) is 0. The molecule has 0 radical (unpaired) electrons. The van der Waals surface area contributed by atoms with Gasteiger partial charge in [0.15, 0.2) is 0 Å². The van der Waals surface area contributed by atoms with Crippen LogP contribution in [0.2, 0.25) is 0 Å². The van der Waals surface area contributed by atoms with Gasteiger partial charge in [0.05, 0.1) is 0 Å². The van der Waals surface area contributed by atoms with Gasteiger partial charge in [-0.2, -0.15) is 0 Å². The second-order valence-corrected chi connectivity index (χ2v) is 12.3. The number of fused-ring (bicyclic) bond motifs is 8. The maximum absolute atomic E-state index is 2.45. The summed E-state index contributed by atoms with van der Waals surface area (Å²) in [6, 6.07) is 57.9. The molecule has 0 unspecified atom stereocenters. The molecular formula is C42H26S. The molecule has 0 aliphatic rings. The largest absolute Gasteiger partial charge is 0.135 e. The Labute approximate surface area is 254 Å². The molecule has 43 heavy (non-hydrogen) atoms. The average molecular weight is 563 g/mol. The van der Waals surface area contributed by atoms with Crippen molar-refractivity contribution in [3.63, 3.8) is 0 Å². The van der Waals surface area contributed by atoms with Gasteiger partial charge in [-0.1, -0.05) is 133 Å². The summed E-state index contributed by atoms with van der Waals surface area (Å²) < 4.78 is 2.67. The van der Waals surface area contributed by atoms with E-state index in [1.165, 1.54) is 85.9 Å². The van der Waals surface area contributed by atoms with Gasteiger partial charge in [-0.25, -0.2) is 0 Å². The molecule has 0 nitrogen and oxygen atoms in total. The van der Waals surface area contributed by atoms with Crippen LogP contribution in [0.15, 0.2) is 158 Å². The van der Waals surface area contributed by atoms with E-state index in [4.69, 9.17) is 0 Å². The molecule has 0 fully saturated rings. The van der Waals surface area contributed by atoms with Crippen molar-refractivity contribution in [1.82, 2.24) is 0 Å². The van der Waals surface area contributed by atoms with Crippen LogP contribution in [-0.2, 0) is 0 Å². The molecule has 8 aromatic carbocycles. The molecule has 200 valence electrons. The first-order valence-corrected chi connectivity index (χ1v) is 15.6. The van der Waals surface area contributed by atoms with E-state index < -0.39 is 0 Å². The predicted molar refractivity (Wildman–Crippen MR) is 188 cm³/mol. The minimum absolute atomic E-state index is 1.24. The van der Waals surface area contributed by atoms with E-state index in [0.717, 1.165) is 0 Å². The lowest BCUT2D eigenvalue weighted by Crippen LogP contribution is -1.89. The third-order valence-corrected chi connectivity index (χ3v) is 10.0. The molecule has 0 amide bonds. The molecule has 0 aliphatic carbocycles. The molecule has 0 atom stereocenters. The van der Waals surface area contributed by atoms with E-state index in [9.17, 15) is 0 Å². The van der Waals surface area contributed by atoms with Gasteiger partial charge in [-0.15, -0.1) is 11.3 Å². The second-order valence-electron chi connectivity index (χ2n) is 11.3. The summed E-state index contributed by atoms with van der Waals surface area (Å²) in [6.07, 6.45) is 0. The lowest BCUT2D eigenvalue weighted by Gasteiger charge is -2.17.